The second kappa shape index (κ2) is 7.62. The van der Waals surface area contributed by atoms with E-state index in [1.165, 1.54) is 0 Å². The number of aromatic nitrogens is 1. The molecule has 2 fully saturated rings. The van der Waals surface area contributed by atoms with Gasteiger partial charge in [0.1, 0.15) is 5.60 Å². The van der Waals surface area contributed by atoms with E-state index in [2.05, 4.69) is 4.98 Å². The summed E-state index contributed by atoms with van der Waals surface area (Å²) in [6.45, 7) is 1.75. The number of fused-ring (bicyclic) bond motifs is 1. The summed E-state index contributed by atoms with van der Waals surface area (Å²) in [4.78, 5) is 33.0. The fourth-order valence-corrected chi connectivity index (χ4v) is 4.34. The van der Waals surface area contributed by atoms with Crippen molar-refractivity contribution in [3.05, 3.63) is 65.3 Å². The lowest BCUT2D eigenvalue weighted by molar-refractivity contribution is -0.143. The van der Waals surface area contributed by atoms with Gasteiger partial charge in [-0.2, -0.15) is 0 Å². The summed E-state index contributed by atoms with van der Waals surface area (Å²) in [6, 6.07) is 15.2. The molecule has 1 saturated heterocycles. The largest absolute Gasteiger partial charge is 0.380 e. The van der Waals surface area contributed by atoms with Crippen LogP contribution in [0.4, 0.5) is 0 Å². The molecule has 1 N–H and O–H groups in total. The fraction of sp³-hybridized carbons (Fsp3) is 0.292. The van der Waals surface area contributed by atoms with Gasteiger partial charge in [0.15, 0.2) is 0 Å². The number of piperazine rings is 1. The average Bonchev–Trinajstić information content (AvgIpc) is 3.56. The summed E-state index contributed by atoms with van der Waals surface area (Å²) >= 11 is 6.55. The van der Waals surface area contributed by atoms with Crippen LogP contribution in [0.2, 0.25) is 5.02 Å². The van der Waals surface area contributed by atoms with Crippen LogP contribution >= 0.6 is 11.6 Å². The molecule has 7 heteroatoms. The number of carbonyl (C=O) groups excluding carboxylic acids is 2. The van der Waals surface area contributed by atoms with Crippen LogP contribution in [0.3, 0.4) is 0 Å². The fourth-order valence-electron chi connectivity index (χ4n) is 4.05. The molecule has 1 aliphatic carbocycles. The highest BCUT2D eigenvalue weighted by atomic mass is 35.5. The quantitative estimate of drug-likeness (QED) is 0.684. The highest BCUT2D eigenvalue weighted by molar-refractivity contribution is 6.33. The Morgan fingerprint density at radius 1 is 0.968 bits per heavy atom. The number of aliphatic hydroxyl groups is 1. The third-order valence-electron chi connectivity index (χ3n) is 6.11. The molecule has 5 rings (SSSR count). The molecule has 6 nitrogen and oxygen atoms in total. The monoisotopic (exact) mass is 435 g/mol. The van der Waals surface area contributed by atoms with Crippen molar-refractivity contribution < 1.29 is 14.7 Å². The van der Waals surface area contributed by atoms with Crippen molar-refractivity contribution in [2.24, 2.45) is 0 Å². The summed E-state index contributed by atoms with van der Waals surface area (Å²) in [5.41, 5.74) is 2.11. The second-order valence-electron chi connectivity index (χ2n) is 8.22. The summed E-state index contributed by atoms with van der Waals surface area (Å²) in [5.74, 6) is -0.314. The van der Waals surface area contributed by atoms with E-state index in [9.17, 15) is 14.7 Å². The van der Waals surface area contributed by atoms with Crippen molar-refractivity contribution >= 4 is 34.3 Å². The van der Waals surface area contributed by atoms with E-state index in [0.29, 0.717) is 49.6 Å². The smallest absolute Gasteiger partial charge is 0.254 e. The van der Waals surface area contributed by atoms with E-state index >= 15 is 0 Å². The maximum atomic E-state index is 13.0. The SMILES string of the molecule is O=C(c1ccc(-c2ccc3ncccc3c2)c(Cl)c1)N1CCN(C(=O)C2(O)CC2)CC1. The van der Waals surface area contributed by atoms with Crippen LogP contribution in [0.5, 0.6) is 0 Å². The van der Waals surface area contributed by atoms with Crippen LogP contribution in [-0.2, 0) is 4.79 Å². The molecule has 2 amide bonds. The predicted octanol–water partition coefficient (Wildman–Crippen LogP) is 3.36. The highest BCUT2D eigenvalue weighted by Gasteiger charge is 2.50. The molecular formula is C24H22ClN3O3. The molecular weight excluding hydrogens is 414 g/mol. The van der Waals surface area contributed by atoms with Gasteiger partial charge in [0.2, 0.25) is 0 Å². The Labute approximate surface area is 185 Å². The standard InChI is InChI=1S/C24H22ClN3O3/c25-20-15-18(3-5-19(20)16-4-6-21-17(14-16)2-1-9-26-21)22(29)27-10-12-28(13-11-27)23(30)24(31)7-8-24/h1-6,9,14-15,31H,7-8,10-13H2. The zero-order valence-electron chi connectivity index (χ0n) is 16.9. The Morgan fingerprint density at radius 2 is 1.71 bits per heavy atom. The minimum Gasteiger partial charge on any atom is -0.380 e. The third-order valence-corrected chi connectivity index (χ3v) is 6.42. The Hall–Kier alpha value is -2.96. The molecule has 1 aliphatic heterocycles. The minimum absolute atomic E-state index is 0.103. The van der Waals surface area contributed by atoms with Gasteiger partial charge >= 0.3 is 0 Å². The highest BCUT2D eigenvalue weighted by Crippen LogP contribution is 2.37. The van der Waals surface area contributed by atoms with Crippen LogP contribution in [-0.4, -0.2) is 63.5 Å². The summed E-state index contributed by atoms with van der Waals surface area (Å²) < 4.78 is 0. The molecule has 0 spiro atoms. The number of amides is 2. The van der Waals surface area contributed by atoms with Crippen molar-refractivity contribution in [3.8, 4) is 11.1 Å². The average molecular weight is 436 g/mol. The Balaban J connectivity index is 1.30. The number of hydrogen-bond donors (Lipinski definition) is 1. The molecule has 0 radical (unpaired) electrons. The first-order valence-corrected chi connectivity index (χ1v) is 10.8. The summed E-state index contributed by atoms with van der Waals surface area (Å²) in [7, 11) is 0. The molecule has 2 aromatic carbocycles. The van der Waals surface area contributed by atoms with Crippen molar-refractivity contribution in [1.29, 1.82) is 0 Å². The van der Waals surface area contributed by atoms with E-state index in [0.717, 1.165) is 22.0 Å². The molecule has 2 aliphatic rings. The van der Waals surface area contributed by atoms with Crippen LogP contribution in [0.15, 0.2) is 54.7 Å². The van der Waals surface area contributed by atoms with Gasteiger partial charge < -0.3 is 14.9 Å². The third kappa shape index (κ3) is 3.77. The predicted molar refractivity (Wildman–Crippen MR) is 119 cm³/mol. The van der Waals surface area contributed by atoms with E-state index in [-0.39, 0.29) is 11.8 Å². The maximum absolute atomic E-state index is 13.0. The van der Waals surface area contributed by atoms with Gasteiger partial charge in [0.25, 0.3) is 11.8 Å². The molecule has 0 unspecified atom stereocenters. The number of carbonyl (C=O) groups is 2. The van der Waals surface area contributed by atoms with Crippen LogP contribution in [0.1, 0.15) is 23.2 Å². The maximum Gasteiger partial charge on any atom is 0.254 e. The molecule has 31 heavy (non-hydrogen) atoms. The van der Waals surface area contributed by atoms with Crippen molar-refractivity contribution in [2.75, 3.05) is 26.2 Å². The molecule has 1 saturated carbocycles. The Kier molecular flexibility index (Phi) is 4.91. The van der Waals surface area contributed by atoms with Gasteiger partial charge in [-0.3, -0.25) is 14.6 Å². The molecule has 3 aromatic rings. The van der Waals surface area contributed by atoms with E-state index in [1.54, 1.807) is 28.1 Å². The van der Waals surface area contributed by atoms with Gasteiger partial charge in [-0.05, 0) is 48.7 Å². The van der Waals surface area contributed by atoms with Crippen LogP contribution in [0, 0.1) is 0 Å². The molecule has 0 bridgehead atoms. The van der Waals surface area contributed by atoms with Gasteiger partial charge in [0.05, 0.1) is 5.52 Å². The number of benzene rings is 2. The lowest BCUT2D eigenvalue weighted by Crippen LogP contribution is -2.53. The number of pyridine rings is 1. The van der Waals surface area contributed by atoms with E-state index < -0.39 is 5.60 Å². The lowest BCUT2D eigenvalue weighted by atomic mass is 10.0. The normalized spacial score (nSPS) is 17.6. The summed E-state index contributed by atoms with van der Waals surface area (Å²) in [6.07, 6.45) is 2.83. The van der Waals surface area contributed by atoms with E-state index in [1.807, 2.05) is 36.4 Å². The Bertz CT molecular complexity index is 1180. The van der Waals surface area contributed by atoms with Crippen molar-refractivity contribution in [1.82, 2.24) is 14.8 Å². The van der Waals surface area contributed by atoms with Crippen molar-refractivity contribution in [3.63, 3.8) is 0 Å². The van der Waals surface area contributed by atoms with Crippen LogP contribution in [0.25, 0.3) is 22.0 Å². The number of hydrogen-bond acceptors (Lipinski definition) is 4. The molecule has 1 aromatic heterocycles. The molecule has 0 atom stereocenters. The first-order valence-electron chi connectivity index (χ1n) is 10.4. The first-order chi connectivity index (χ1) is 14.9. The molecule has 158 valence electrons. The van der Waals surface area contributed by atoms with Gasteiger partial charge in [-0.1, -0.05) is 29.8 Å². The second-order valence-corrected chi connectivity index (χ2v) is 8.63. The van der Waals surface area contributed by atoms with Crippen molar-refractivity contribution in [2.45, 2.75) is 18.4 Å². The van der Waals surface area contributed by atoms with Gasteiger partial charge in [-0.15, -0.1) is 0 Å². The van der Waals surface area contributed by atoms with Crippen LogP contribution < -0.4 is 0 Å². The Morgan fingerprint density at radius 3 is 2.42 bits per heavy atom. The number of halogens is 1. The van der Waals surface area contributed by atoms with Gasteiger partial charge in [0, 0.05) is 53.9 Å². The molecule has 2 heterocycles. The lowest BCUT2D eigenvalue weighted by Gasteiger charge is -2.35. The zero-order valence-corrected chi connectivity index (χ0v) is 17.7. The topological polar surface area (TPSA) is 73.7 Å². The zero-order chi connectivity index (χ0) is 21.6. The van der Waals surface area contributed by atoms with E-state index in [4.69, 9.17) is 11.6 Å². The summed E-state index contributed by atoms with van der Waals surface area (Å²) in [5, 5.41) is 11.6. The minimum atomic E-state index is -1.16. The first kappa shape index (κ1) is 20.0. The van der Waals surface area contributed by atoms with Gasteiger partial charge in [-0.25, -0.2) is 0 Å². The number of nitrogens with zero attached hydrogens (tertiary/aromatic N) is 3. The number of rotatable bonds is 3.